The Kier molecular flexibility index (Phi) is 15.6. The molecule has 0 amide bonds. The van der Waals surface area contributed by atoms with Gasteiger partial charge in [-0.25, -0.2) is 0 Å². The molecule has 27 heteroatoms. The molecule has 8 aliphatic heterocycles. The molecule has 4 aromatic carbocycles. The van der Waals surface area contributed by atoms with Crippen LogP contribution >= 0.6 is 11.3 Å². The van der Waals surface area contributed by atoms with Crippen molar-refractivity contribution in [2.45, 2.75) is 105 Å². The maximum Gasteiger partial charge on any atom is 0.310 e. The molecule has 15 rings (SSSR count). The van der Waals surface area contributed by atoms with Gasteiger partial charge in [0, 0.05) is 23.7 Å². The van der Waals surface area contributed by atoms with Gasteiger partial charge in [0.15, 0.2) is 71.2 Å². The standard InChI is InChI=1S/C32H32O13S.C29H32O13/c1-37-19-6-13(7-20(38-2)25(19)33)23-14-8-17-18(42-12-41-17)9-15(14)28(16-10-39-30(36)24(16)23)44-32-27(35)26(34)29-21(43-32)11-40-31(45-29)22-4-3-5-46-22;1-11-36-9-20-27(40-11)24(31)25(32)29(41-20)42-26-14-7-17-16(38-10-39-17)6-13(14)21(22-15(26)8-37-28(22)33)12-4-18(34-2)23(30)19(5-12)35-3/h3-9,16,21,23-24,26-29,31-35H,10-12H2,1-2H3;4-7,11,15,20-22,24-27,29-32H,8-10H2,1-3H3/t16?,21-,23-,24+,26-,27-,28?,29-,31?,32+;11-,15?,20-,21-,22+,24-,25-,26?,27-,29+/m11/s1. The normalized spacial score (nSPS) is 35.3. The second-order valence-corrected chi connectivity index (χ2v) is 23.7. The maximum absolute atomic E-state index is 13.5. The molecule has 1 aromatic heterocycles. The van der Waals surface area contributed by atoms with Gasteiger partial charge in [-0.2, -0.15) is 0 Å². The summed E-state index contributed by atoms with van der Waals surface area (Å²) in [6.07, 6.45) is -14.0. The number of aromatic hydroxyl groups is 2. The van der Waals surface area contributed by atoms with Crippen LogP contribution in [0.5, 0.6) is 57.5 Å². The molecule has 20 atom stereocenters. The molecule has 9 heterocycles. The van der Waals surface area contributed by atoms with Crippen molar-refractivity contribution in [1.82, 2.24) is 0 Å². The van der Waals surface area contributed by atoms with Crippen molar-refractivity contribution in [2.75, 3.05) is 68.5 Å². The SMILES string of the molecule is COc1cc([C@@H]2c3cc4c(cc3C(O[C@@H]3O[C@@H]5COC(c6cccs6)O[C@H]5[C@H](O)[C@H]3O)C3COC(=O)[C@@H]32)OCO4)cc(OC)c1O.COc1cc([C@@H]2c3cc4c(cc3C(O[C@@H]3O[C@@H]5CO[C@@H](C)O[C@H]5[C@H](O)[C@H]3O)C3COC(=O)[C@@H]32)OCO4)cc(OC)c1O. The summed E-state index contributed by atoms with van der Waals surface area (Å²) in [5.74, 6) is -2.11. The van der Waals surface area contributed by atoms with Crippen molar-refractivity contribution in [3.05, 3.63) is 104 Å². The molecular formula is C61H64O26S. The highest BCUT2D eigenvalue weighted by molar-refractivity contribution is 7.10. The van der Waals surface area contributed by atoms with E-state index in [0.717, 1.165) is 4.88 Å². The van der Waals surface area contributed by atoms with Crippen molar-refractivity contribution >= 4 is 23.3 Å². The summed E-state index contributed by atoms with van der Waals surface area (Å²) in [5.41, 5.74) is 4.01. The van der Waals surface area contributed by atoms with Crippen LogP contribution in [0.1, 0.15) is 75.5 Å². The first-order valence-corrected chi connectivity index (χ1v) is 29.5. The van der Waals surface area contributed by atoms with Crippen LogP contribution in [0.4, 0.5) is 0 Å². The van der Waals surface area contributed by atoms with E-state index >= 15 is 0 Å². The molecule has 5 unspecified atom stereocenters. The quantitative estimate of drug-likeness (QED) is 0.101. The number of benzene rings is 4. The van der Waals surface area contributed by atoms with Gasteiger partial charge in [0.1, 0.15) is 48.8 Å². The Morgan fingerprint density at radius 2 is 0.920 bits per heavy atom. The number of hydrogen-bond donors (Lipinski definition) is 6. The number of rotatable bonds is 11. The number of methoxy groups -OCH3 is 4. The number of ether oxygens (including phenoxy) is 18. The molecule has 0 bridgehead atoms. The maximum atomic E-state index is 13.5. The van der Waals surface area contributed by atoms with Gasteiger partial charge >= 0.3 is 11.9 Å². The summed E-state index contributed by atoms with van der Waals surface area (Å²) in [5, 5.41) is 67.5. The number of aliphatic hydroxyl groups excluding tert-OH is 4. The second-order valence-electron chi connectivity index (χ2n) is 22.8. The van der Waals surface area contributed by atoms with Crippen molar-refractivity contribution < 1.29 is 125 Å². The number of cyclic esters (lactones) is 2. The molecule has 6 N–H and O–H groups in total. The Balaban J connectivity index is 0.000000155. The summed E-state index contributed by atoms with van der Waals surface area (Å²) in [4.78, 5) is 27.7. The smallest absolute Gasteiger partial charge is 0.310 e. The molecule has 10 aliphatic rings. The van der Waals surface area contributed by atoms with Gasteiger partial charge in [0.05, 0.1) is 83.8 Å². The van der Waals surface area contributed by atoms with Gasteiger partial charge in [-0.15, -0.1) is 11.3 Å². The van der Waals surface area contributed by atoms with Gasteiger partial charge < -0.3 is 116 Å². The van der Waals surface area contributed by atoms with E-state index in [-0.39, 0.29) is 74.5 Å². The zero-order valence-corrected chi connectivity index (χ0v) is 48.7. The highest BCUT2D eigenvalue weighted by Crippen LogP contribution is 2.59. The van der Waals surface area contributed by atoms with Gasteiger partial charge in [0.25, 0.3) is 0 Å². The van der Waals surface area contributed by atoms with Crippen molar-refractivity contribution in [3.63, 3.8) is 0 Å². The number of aliphatic hydroxyl groups is 4. The van der Waals surface area contributed by atoms with Crippen molar-refractivity contribution in [3.8, 4) is 57.5 Å². The Labute approximate surface area is 505 Å². The van der Waals surface area contributed by atoms with Gasteiger partial charge in [-0.05, 0) is 100 Å². The fraction of sp³-hybridized carbons (Fsp3) is 0.508. The van der Waals surface area contributed by atoms with E-state index in [9.17, 15) is 40.2 Å². The molecule has 470 valence electrons. The Hall–Kier alpha value is -6.96. The average molecular weight is 1250 g/mol. The summed E-state index contributed by atoms with van der Waals surface area (Å²) >= 11 is 1.46. The summed E-state index contributed by atoms with van der Waals surface area (Å²) in [6.45, 7) is 2.10. The first-order chi connectivity index (χ1) is 42.6. The van der Waals surface area contributed by atoms with Crippen LogP contribution in [-0.4, -0.2) is 179 Å². The fourth-order valence-electron chi connectivity index (χ4n) is 13.9. The zero-order valence-electron chi connectivity index (χ0n) is 47.9. The third kappa shape index (κ3) is 9.94. The van der Waals surface area contributed by atoms with Crippen LogP contribution < -0.4 is 37.9 Å². The van der Waals surface area contributed by atoms with Crippen LogP contribution in [-0.2, 0) is 57.0 Å². The monoisotopic (exact) mass is 1240 g/mol. The lowest BCUT2D eigenvalue weighted by Crippen LogP contribution is -2.63. The first kappa shape index (κ1) is 58.7. The third-order valence-electron chi connectivity index (χ3n) is 18.1. The zero-order chi connectivity index (χ0) is 61.0. The number of phenolic OH excluding ortho intramolecular Hbond substituents is 2. The van der Waals surface area contributed by atoms with E-state index in [1.165, 1.54) is 39.8 Å². The Morgan fingerprint density at radius 1 is 0.500 bits per heavy atom. The highest BCUT2D eigenvalue weighted by atomic mass is 32.1. The van der Waals surface area contributed by atoms with E-state index in [1.54, 1.807) is 49.4 Å². The number of carbonyl (C=O) groups is 2. The van der Waals surface area contributed by atoms with E-state index in [0.29, 0.717) is 56.4 Å². The minimum absolute atomic E-state index is 0.0242. The van der Waals surface area contributed by atoms with E-state index in [1.807, 2.05) is 23.6 Å². The lowest BCUT2D eigenvalue weighted by atomic mass is 9.66. The summed E-state index contributed by atoms with van der Waals surface area (Å²) < 4.78 is 104. The van der Waals surface area contributed by atoms with Crippen LogP contribution in [0.25, 0.3) is 0 Å². The number of fused-ring (bicyclic) bond motifs is 8. The highest BCUT2D eigenvalue weighted by Gasteiger charge is 2.59. The molecular weight excluding hydrogens is 1180 g/mol. The lowest BCUT2D eigenvalue weighted by molar-refractivity contribution is -0.368. The van der Waals surface area contributed by atoms with Crippen LogP contribution in [0.3, 0.4) is 0 Å². The topological polar surface area (TPSA) is 322 Å². The molecule has 0 spiro atoms. The van der Waals surface area contributed by atoms with Gasteiger partial charge in [-0.3, -0.25) is 9.59 Å². The van der Waals surface area contributed by atoms with E-state index in [4.69, 9.17) is 85.3 Å². The number of hydrogen-bond acceptors (Lipinski definition) is 27. The number of thiophene rings is 1. The predicted octanol–water partition coefficient (Wildman–Crippen LogP) is 4.09. The largest absolute Gasteiger partial charge is 0.502 e. The first-order valence-electron chi connectivity index (χ1n) is 28.7. The molecule has 6 saturated heterocycles. The van der Waals surface area contributed by atoms with Crippen LogP contribution in [0.2, 0.25) is 0 Å². The Morgan fingerprint density at radius 3 is 1.34 bits per heavy atom. The summed E-state index contributed by atoms with van der Waals surface area (Å²) in [7, 11) is 5.72. The minimum Gasteiger partial charge on any atom is -0.502 e. The lowest BCUT2D eigenvalue weighted by Gasteiger charge is -2.48. The molecule has 26 nitrogen and oxygen atoms in total. The van der Waals surface area contributed by atoms with Crippen molar-refractivity contribution in [2.24, 2.45) is 23.7 Å². The molecule has 5 aromatic rings. The van der Waals surface area contributed by atoms with Gasteiger partial charge in [0.2, 0.25) is 25.1 Å². The number of esters is 2. The van der Waals surface area contributed by atoms with Crippen molar-refractivity contribution in [1.29, 1.82) is 0 Å². The molecule has 0 radical (unpaired) electrons. The predicted molar refractivity (Wildman–Crippen MR) is 294 cm³/mol. The number of phenols is 2. The molecule has 0 saturated carbocycles. The minimum atomic E-state index is -1.47. The summed E-state index contributed by atoms with van der Waals surface area (Å²) in [6, 6.07) is 17.6. The molecule has 6 fully saturated rings. The van der Waals surface area contributed by atoms with Gasteiger partial charge in [-0.1, -0.05) is 6.07 Å². The average Bonchev–Trinajstić information content (AvgIpc) is 1.48. The number of carbonyl (C=O) groups excluding carboxylic acids is 2. The molecule has 88 heavy (non-hydrogen) atoms. The van der Waals surface area contributed by atoms with Crippen LogP contribution in [0, 0.1) is 23.7 Å². The Bertz CT molecular complexity index is 3400. The fourth-order valence-corrected chi connectivity index (χ4v) is 14.6. The third-order valence-corrected chi connectivity index (χ3v) is 19.0. The van der Waals surface area contributed by atoms with E-state index < -0.39 is 134 Å². The van der Waals surface area contributed by atoms with E-state index in [2.05, 4.69) is 0 Å². The second kappa shape index (κ2) is 23.4. The van der Waals surface area contributed by atoms with Crippen LogP contribution in [0.15, 0.2) is 66.0 Å². The molecule has 2 aliphatic carbocycles.